The van der Waals surface area contributed by atoms with Crippen molar-refractivity contribution in [3.8, 4) is 0 Å². The van der Waals surface area contributed by atoms with Gasteiger partial charge in [0.25, 0.3) is 16.0 Å². The van der Waals surface area contributed by atoms with Crippen molar-refractivity contribution in [2.75, 3.05) is 38.5 Å². The average Bonchev–Trinajstić information content (AvgIpc) is 3.18. The standard InChI is InChI=1S/C26H48N2O6S/c1-2-3-4-5-6-7-8-9-10-11-12-13-14-15-16-17-25(31)26-27-18-19-28(26,20-21-29)22-24(30)23-35(32,33)34/h13-14,24,29-30H,2-12,15-23H2,1H3/p+1/b14-13+. The SMILES string of the molecule is CCCCCCCCCCCC/C=C/CCCC(=O)C1=NCC[N+]1(CCO)CC(O)CS(=O)(=O)O. The molecule has 9 heteroatoms. The van der Waals surface area contributed by atoms with Gasteiger partial charge in [0.15, 0.2) is 0 Å². The first-order chi connectivity index (χ1) is 16.7. The largest absolute Gasteiger partial charge is 0.390 e. The summed E-state index contributed by atoms with van der Waals surface area (Å²) in [4.78, 5) is 17.2. The molecule has 1 aliphatic rings. The van der Waals surface area contributed by atoms with Crippen LogP contribution in [-0.4, -0.2) is 83.9 Å². The Morgan fingerprint density at radius 1 is 1.00 bits per heavy atom. The van der Waals surface area contributed by atoms with Crippen LogP contribution in [-0.2, 0) is 14.9 Å². The molecule has 1 heterocycles. The molecule has 0 saturated heterocycles. The topological polar surface area (TPSA) is 124 Å². The molecule has 1 aliphatic heterocycles. The summed E-state index contributed by atoms with van der Waals surface area (Å²) in [6.07, 6.45) is 19.1. The van der Waals surface area contributed by atoms with Gasteiger partial charge in [0.05, 0.1) is 13.2 Å². The fraction of sp³-hybridized carbons (Fsp3) is 0.846. The number of hydrogen-bond donors (Lipinski definition) is 3. The van der Waals surface area contributed by atoms with Gasteiger partial charge in [-0.3, -0.25) is 13.8 Å². The first-order valence-electron chi connectivity index (χ1n) is 13.6. The summed E-state index contributed by atoms with van der Waals surface area (Å²) < 4.78 is 31.2. The Morgan fingerprint density at radius 3 is 2.14 bits per heavy atom. The molecule has 0 aromatic heterocycles. The van der Waals surface area contributed by atoms with Crippen molar-refractivity contribution in [3.63, 3.8) is 0 Å². The summed E-state index contributed by atoms with van der Waals surface area (Å²) in [7, 11) is -4.34. The number of carbonyl (C=O) groups is 1. The number of Topliss-reactive ketones (excluding diaryl/α,β-unsaturated/α-hetero) is 1. The maximum absolute atomic E-state index is 12.8. The smallest absolute Gasteiger partial charge is 0.267 e. The fourth-order valence-corrected chi connectivity index (χ4v) is 5.40. The van der Waals surface area contributed by atoms with E-state index >= 15 is 0 Å². The molecule has 0 spiro atoms. The summed E-state index contributed by atoms with van der Waals surface area (Å²) in [6, 6.07) is 0. The summed E-state index contributed by atoms with van der Waals surface area (Å²) in [5.41, 5.74) is 0. The monoisotopic (exact) mass is 517 g/mol. The molecule has 0 fully saturated rings. The van der Waals surface area contributed by atoms with Gasteiger partial charge in [-0.05, 0) is 25.7 Å². The van der Waals surface area contributed by atoms with Crippen molar-refractivity contribution < 1.29 is 32.5 Å². The number of quaternary nitrogens is 1. The minimum absolute atomic E-state index is 0.0411. The van der Waals surface area contributed by atoms with Crippen LogP contribution in [0.25, 0.3) is 0 Å². The van der Waals surface area contributed by atoms with Crippen LogP contribution < -0.4 is 0 Å². The summed E-state index contributed by atoms with van der Waals surface area (Å²) in [5.74, 6) is -0.634. The number of aliphatic imine (C=N–C) groups is 1. The summed E-state index contributed by atoms with van der Waals surface area (Å²) in [6.45, 7) is 2.93. The minimum atomic E-state index is -4.34. The van der Waals surface area contributed by atoms with Crippen molar-refractivity contribution >= 4 is 21.7 Å². The molecule has 1 rings (SSSR count). The molecule has 2 atom stereocenters. The second-order valence-corrected chi connectivity index (χ2v) is 11.4. The van der Waals surface area contributed by atoms with E-state index in [-0.39, 0.29) is 30.0 Å². The number of carbonyl (C=O) groups excluding carboxylic acids is 1. The maximum Gasteiger partial charge on any atom is 0.267 e. The molecule has 3 N–H and O–H groups in total. The normalized spacial score (nSPS) is 19.4. The lowest BCUT2D eigenvalue weighted by Crippen LogP contribution is -2.59. The molecular weight excluding hydrogens is 468 g/mol. The quantitative estimate of drug-likeness (QED) is 0.0861. The van der Waals surface area contributed by atoms with Crippen LogP contribution in [0.1, 0.15) is 96.8 Å². The van der Waals surface area contributed by atoms with E-state index in [9.17, 15) is 23.4 Å². The number of hydrogen-bond acceptors (Lipinski definition) is 6. The van der Waals surface area contributed by atoms with Crippen LogP contribution >= 0.6 is 0 Å². The van der Waals surface area contributed by atoms with Gasteiger partial charge in [0.1, 0.15) is 31.5 Å². The van der Waals surface area contributed by atoms with Gasteiger partial charge >= 0.3 is 0 Å². The number of unbranched alkanes of at least 4 members (excludes halogenated alkanes) is 11. The summed E-state index contributed by atoms with van der Waals surface area (Å²) in [5, 5.41) is 19.7. The van der Waals surface area contributed by atoms with E-state index < -0.39 is 22.0 Å². The highest BCUT2D eigenvalue weighted by molar-refractivity contribution is 7.85. The van der Waals surface area contributed by atoms with E-state index in [1.54, 1.807) is 0 Å². The lowest BCUT2D eigenvalue weighted by molar-refractivity contribution is -0.837. The van der Waals surface area contributed by atoms with Crippen LogP contribution in [0.4, 0.5) is 0 Å². The van der Waals surface area contributed by atoms with Crippen LogP contribution in [0, 0.1) is 0 Å². The maximum atomic E-state index is 12.8. The third-order valence-electron chi connectivity index (χ3n) is 6.65. The zero-order valence-electron chi connectivity index (χ0n) is 21.7. The highest BCUT2D eigenvalue weighted by Crippen LogP contribution is 2.20. The molecule has 204 valence electrons. The Morgan fingerprint density at radius 2 is 1.57 bits per heavy atom. The van der Waals surface area contributed by atoms with Crippen molar-refractivity contribution in [2.24, 2.45) is 4.99 Å². The number of ketones is 1. The van der Waals surface area contributed by atoms with Gasteiger partial charge in [0.2, 0.25) is 5.78 Å². The number of rotatable bonds is 22. The number of nitrogens with zero attached hydrogens (tertiary/aromatic N) is 2. The molecular formula is C26H49N2O6S+. The lowest BCUT2D eigenvalue weighted by Gasteiger charge is -2.34. The Balaban J connectivity index is 2.27. The van der Waals surface area contributed by atoms with Crippen molar-refractivity contribution in [1.82, 2.24) is 0 Å². The van der Waals surface area contributed by atoms with Crippen LogP contribution in [0.15, 0.2) is 17.1 Å². The zero-order valence-corrected chi connectivity index (χ0v) is 22.6. The van der Waals surface area contributed by atoms with E-state index in [2.05, 4.69) is 24.1 Å². The van der Waals surface area contributed by atoms with E-state index in [1.807, 2.05) is 0 Å². The first-order valence-corrected chi connectivity index (χ1v) is 15.2. The van der Waals surface area contributed by atoms with Crippen LogP contribution in [0.2, 0.25) is 0 Å². The predicted molar refractivity (Wildman–Crippen MR) is 141 cm³/mol. The van der Waals surface area contributed by atoms with E-state index in [4.69, 9.17) is 4.55 Å². The predicted octanol–water partition coefficient (Wildman–Crippen LogP) is 4.06. The Labute approximate surface area is 212 Å². The first kappa shape index (κ1) is 31.9. The van der Waals surface area contributed by atoms with Gasteiger partial charge in [-0.25, -0.2) is 4.99 Å². The second kappa shape index (κ2) is 18.2. The van der Waals surface area contributed by atoms with Crippen molar-refractivity contribution in [1.29, 1.82) is 0 Å². The number of aliphatic hydroxyl groups is 2. The van der Waals surface area contributed by atoms with E-state index in [0.717, 1.165) is 12.8 Å². The Kier molecular flexibility index (Phi) is 16.6. The third-order valence-corrected chi connectivity index (χ3v) is 7.45. The van der Waals surface area contributed by atoms with Gasteiger partial charge in [-0.1, -0.05) is 76.9 Å². The molecule has 2 unspecified atom stereocenters. The number of amidine groups is 1. The molecule has 0 aliphatic carbocycles. The lowest BCUT2D eigenvalue weighted by atomic mass is 10.1. The second-order valence-electron chi connectivity index (χ2n) is 9.86. The number of allylic oxidation sites excluding steroid dienone is 2. The molecule has 0 saturated carbocycles. The van der Waals surface area contributed by atoms with E-state index in [1.165, 1.54) is 64.2 Å². The average molecular weight is 518 g/mol. The van der Waals surface area contributed by atoms with Gasteiger partial charge in [0, 0.05) is 6.42 Å². The Bertz CT molecular complexity index is 753. The van der Waals surface area contributed by atoms with Crippen LogP contribution in [0.5, 0.6) is 0 Å². The van der Waals surface area contributed by atoms with Crippen LogP contribution in [0.3, 0.4) is 0 Å². The molecule has 0 radical (unpaired) electrons. The van der Waals surface area contributed by atoms with Gasteiger partial charge in [-0.2, -0.15) is 8.42 Å². The molecule has 35 heavy (non-hydrogen) atoms. The molecule has 0 amide bonds. The van der Waals surface area contributed by atoms with E-state index in [0.29, 0.717) is 31.8 Å². The highest BCUT2D eigenvalue weighted by Gasteiger charge is 2.43. The Hall–Kier alpha value is -1.13. The fourth-order valence-electron chi connectivity index (χ4n) is 4.81. The molecule has 0 aromatic carbocycles. The molecule has 0 bridgehead atoms. The third kappa shape index (κ3) is 14.3. The van der Waals surface area contributed by atoms with Crippen molar-refractivity contribution in [3.05, 3.63) is 12.2 Å². The number of aliphatic hydroxyl groups excluding tert-OH is 2. The molecule has 8 nitrogen and oxygen atoms in total. The molecule has 0 aromatic rings. The van der Waals surface area contributed by atoms with Gasteiger partial charge in [-0.15, -0.1) is 0 Å². The van der Waals surface area contributed by atoms with Gasteiger partial charge < -0.3 is 10.2 Å². The van der Waals surface area contributed by atoms with Crippen molar-refractivity contribution in [2.45, 2.75) is 103 Å². The zero-order chi connectivity index (χ0) is 26.0. The highest BCUT2D eigenvalue weighted by atomic mass is 32.2. The minimum Gasteiger partial charge on any atom is -0.390 e. The summed E-state index contributed by atoms with van der Waals surface area (Å²) >= 11 is 0.